The number of carbonyl (C=O) groups is 2. The van der Waals surface area contributed by atoms with E-state index in [1.165, 1.54) is 0 Å². The van der Waals surface area contributed by atoms with Crippen LogP contribution in [-0.2, 0) is 22.4 Å². The van der Waals surface area contributed by atoms with E-state index in [9.17, 15) is 9.59 Å². The van der Waals surface area contributed by atoms with Gasteiger partial charge in [0.25, 0.3) is 0 Å². The zero-order valence-electron chi connectivity index (χ0n) is 16.4. The molecule has 0 spiro atoms. The number of amides is 2. The van der Waals surface area contributed by atoms with Gasteiger partial charge in [-0.15, -0.1) is 0 Å². The fourth-order valence-corrected chi connectivity index (χ4v) is 3.57. The Morgan fingerprint density at radius 3 is 2.54 bits per heavy atom. The van der Waals surface area contributed by atoms with Gasteiger partial charge in [0.05, 0.1) is 19.4 Å². The first-order valence-corrected chi connectivity index (χ1v) is 9.88. The molecule has 0 radical (unpaired) electrons. The molecule has 1 heterocycles. The number of nitrogens with zero attached hydrogens (tertiary/aromatic N) is 1. The molecule has 3 rings (SSSR count). The lowest BCUT2D eigenvalue weighted by Crippen LogP contribution is -2.46. The van der Waals surface area contributed by atoms with Gasteiger partial charge in [0.1, 0.15) is 5.75 Å². The normalized spacial score (nSPS) is 16.5. The van der Waals surface area contributed by atoms with Crippen LogP contribution in [0.3, 0.4) is 0 Å². The number of piperidine rings is 1. The molecular formula is C23H28N2O3. The molecule has 0 aromatic heterocycles. The molecule has 1 aliphatic rings. The fourth-order valence-electron chi connectivity index (χ4n) is 3.57. The molecule has 1 N–H and O–H groups in total. The van der Waals surface area contributed by atoms with Gasteiger partial charge in [-0.2, -0.15) is 0 Å². The monoisotopic (exact) mass is 380 g/mol. The second kappa shape index (κ2) is 9.93. The number of rotatable bonds is 7. The highest BCUT2D eigenvalue weighted by Crippen LogP contribution is 2.18. The molecule has 28 heavy (non-hydrogen) atoms. The van der Waals surface area contributed by atoms with E-state index in [0.29, 0.717) is 19.5 Å². The van der Waals surface area contributed by atoms with E-state index in [0.717, 1.165) is 42.7 Å². The zero-order valence-corrected chi connectivity index (χ0v) is 16.4. The average molecular weight is 380 g/mol. The minimum Gasteiger partial charge on any atom is -0.497 e. The molecule has 0 saturated carbocycles. The molecular weight excluding hydrogens is 352 g/mol. The average Bonchev–Trinajstić information content (AvgIpc) is 2.75. The summed E-state index contributed by atoms with van der Waals surface area (Å²) in [6.45, 7) is 1.85. The van der Waals surface area contributed by atoms with E-state index < -0.39 is 0 Å². The summed E-state index contributed by atoms with van der Waals surface area (Å²) in [7, 11) is 1.65. The number of benzene rings is 2. The largest absolute Gasteiger partial charge is 0.497 e. The van der Waals surface area contributed by atoms with Crippen LogP contribution in [0.25, 0.3) is 0 Å². The van der Waals surface area contributed by atoms with Gasteiger partial charge in [0, 0.05) is 19.6 Å². The minimum absolute atomic E-state index is 0.0470. The Balaban J connectivity index is 1.45. The maximum atomic E-state index is 12.6. The molecule has 1 saturated heterocycles. The van der Waals surface area contributed by atoms with Crippen molar-refractivity contribution >= 4 is 11.8 Å². The summed E-state index contributed by atoms with van der Waals surface area (Å²) in [5.74, 6) is 0.854. The summed E-state index contributed by atoms with van der Waals surface area (Å²) in [6.07, 6.45) is 2.88. The fraction of sp³-hybridized carbons (Fsp3) is 0.391. The standard InChI is InChI=1S/C23H28N2O3/c1-28-21-11-9-18(10-12-21)13-14-24-23(27)20-8-5-15-25(17-20)22(26)16-19-6-3-2-4-7-19/h2-4,6-7,9-12,20H,5,8,13-17H2,1H3,(H,24,27). The van der Waals surface area contributed by atoms with E-state index in [1.807, 2.05) is 59.5 Å². The quantitative estimate of drug-likeness (QED) is 0.804. The molecule has 5 nitrogen and oxygen atoms in total. The maximum Gasteiger partial charge on any atom is 0.227 e. The highest BCUT2D eigenvalue weighted by atomic mass is 16.5. The first-order valence-electron chi connectivity index (χ1n) is 9.88. The summed E-state index contributed by atoms with van der Waals surface area (Å²) >= 11 is 0. The Kier molecular flexibility index (Phi) is 7.06. The van der Waals surface area contributed by atoms with Gasteiger partial charge in [0.15, 0.2) is 0 Å². The Morgan fingerprint density at radius 1 is 1.07 bits per heavy atom. The molecule has 2 amide bonds. The molecule has 1 atom stereocenters. The van der Waals surface area contributed by atoms with Gasteiger partial charge in [-0.3, -0.25) is 9.59 Å². The molecule has 0 aliphatic carbocycles. The van der Waals surface area contributed by atoms with Crippen LogP contribution in [0.2, 0.25) is 0 Å². The number of likely N-dealkylation sites (tertiary alicyclic amines) is 1. The Bertz CT molecular complexity index is 774. The van der Waals surface area contributed by atoms with Gasteiger partial charge < -0.3 is 15.0 Å². The van der Waals surface area contributed by atoms with Gasteiger partial charge in [-0.25, -0.2) is 0 Å². The van der Waals surface area contributed by atoms with Gasteiger partial charge in [0.2, 0.25) is 11.8 Å². The van der Waals surface area contributed by atoms with Gasteiger partial charge in [-0.05, 0) is 42.5 Å². The lowest BCUT2D eigenvalue weighted by Gasteiger charge is -2.32. The number of carbonyl (C=O) groups excluding carboxylic acids is 2. The summed E-state index contributed by atoms with van der Waals surface area (Å²) in [5, 5.41) is 3.03. The molecule has 0 bridgehead atoms. The van der Waals surface area contributed by atoms with Crippen molar-refractivity contribution in [2.24, 2.45) is 5.92 Å². The van der Waals surface area contributed by atoms with Crippen molar-refractivity contribution in [1.82, 2.24) is 10.2 Å². The van der Waals surface area contributed by atoms with Gasteiger partial charge in [-0.1, -0.05) is 42.5 Å². The predicted molar refractivity (Wildman–Crippen MR) is 109 cm³/mol. The Hall–Kier alpha value is -2.82. The first-order chi connectivity index (χ1) is 13.7. The predicted octanol–water partition coefficient (Wildman–Crippen LogP) is 2.84. The molecule has 5 heteroatoms. The number of ether oxygens (including phenoxy) is 1. The third-order valence-corrected chi connectivity index (χ3v) is 5.22. The van der Waals surface area contributed by atoms with E-state index in [1.54, 1.807) is 7.11 Å². The van der Waals surface area contributed by atoms with E-state index >= 15 is 0 Å². The first kappa shape index (κ1) is 19.9. The van der Waals surface area contributed by atoms with Crippen molar-refractivity contribution in [2.75, 3.05) is 26.7 Å². The minimum atomic E-state index is -0.121. The summed E-state index contributed by atoms with van der Waals surface area (Å²) in [4.78, 5) is 27.0. The topological polar surface area (TPSA) is 58.6 Å². The second-order valence-electron chi connectivity index (χ2n) is 7.23. The third-order valence-electron chi connectivity index (χ3n) is 5.22. The van der Waals surface area contributed by atoms with Crippen molar-refractivity contribution in [3.63, 3.8) is 0 Å². The lowest BCUT2D eigenvalue weighted by molar-refractivity contribution is -0.135. The smallest absolute Gasteiger partial charge is 0.227 e. The number of hydrogen-bond acceptors (Lipinski definition) is 3. The van der Waals surface area contributed by atoms with Crippen molar-refractivity contribution in [2.45, 2.75) is 25.7 Å². The van der Waals surface area contributed by atoms with Crippen LogP contribution < -0.4 is 10.1 Å². The van der Waals surface area contributed by atoms with Crippen molar-refractivity contribution in [3.8, 4) is 5.75 Å². The van der Waals surface area contributed by atoms with Gasteiger partial charge >= 0.3 is 0 Å². The Labute approximate surface area is 166 Å². The highest BCUT2D eigenvalue weighted by molar-refractivity contribution is 5.82. The van der Waals surface area contributed by atoms with Crippen LogP contribution in [0.1, 0.15) is 24.0 Å². The van der Waals surface area contributed by atoms with Crippen molar-refractivity contribution < 1.29 is 14.3 Å². The van der Waals surface area contributed by atoms with E-state index in [2.05, 4.69) is 5.32 Å². The summed E-state index contributed by atoms with van der Waals surface area (Å²) in [5.41, 5.74) is 2.17. The lowest BCUT2D eigenvalue weighted by atomic mass is 9.96. The third kappa shape index (κ3) is 5.59. The molecule has 1 fully saturated rings. The number of hydrogen-bond donors (Lipinski definition) is 1. The second-order valence-corrected chi connectivity index (χ2v) is 7.23. The van der Waals surface area contributed by atoms with E-state index in [4.69, 9.17) is 4.74 Å². The van der Waals surface area contributed by atoms with Crippen molar-refractivity contribution in [3.05, 3.63) is 65.7 Å². The molecule has 1 unspecified atom stereocenters. The van der Waals surface area contributed by atoms with Crippen LogP contribution in [0.15, 0.2) is 54.6 Å². The van der Waals surface area contributed by atoms with E-state index in [-0.39, 0.29) is 17.7 Å². The van der Waals surface area contributed by atoms with Crippen molar-refractivity contribution in [1.29, 1.82) is 0 Å². The number of nitrogens with one attached hydrogen (secondary N) is 1. The molecule has 148 valence electrons. The maximum absolute atomic E-state index is 12.6. The Morgan fingerprint density at radius 2 is 1.82 bits per heavy atom. The van der Waals surface area contributed by atoms with Crippen LogP contribution in [0.4, 0.5) is 0 Å². The van der Waals surface area contributed by atoms with Crippen LogP contribution >= 0.6 is 0 Å². The van der Waals surface area contributed by atoms with Crippen LogP contribution in [0.5, 0.6) is 5.75 Å². The zero-order chi connectivity index (χ0) is 19.8. The SMILES string of the molecule is COc1ccc(CCNC(=O)C2CCCN(C(=O)Cc3ccccc3)C2)cc1. The summed E-state index contributed by atoms with van der Waals surface area (Å²) in [6, 6.07) is 17.6. The number of methoxy groups -OCH3 is 1. The highest BCUT2D eigenvalue weighted by Gasteiger charge is 2.28. The molecule has 2 aromatic rings. The van der Waals surface area contributed by atoms with Crippen LogP contribution in [0, 0.1) is 5.92 Å². The molecule has 1 aliphatic heterocycles. The summed E-state index contributed by atoms with van der Waals surface area (Å²) < 4.78 is 5.16. The molecule has 2 aromatic carbocycles. The van der Waals surface area contributed by atoms with Crippen LogP contribution in [-0.4, -0.2) is 43.5 Å².